The number of rotatable bonds is 6. The lowest BCUT2D eigenvalue weighted by atomic mass is 10.2. The number of aromatic nitrogens is 1. The molecule has 2 rings (SSSR count). The Labute approximate surface area is 123 Å². The number of hydrogen-bond acceptors (Lipinski definition) is 5. The molecule has 112 valence electrons. The Morgan fingerprint density at radius 3 is 2.76 bits per heavy atom. The fourth-order valence-electron chi connectivity index (χ4n) is 1.94. The van der Waals surface area contributed by atoms with Crippen molar-refractivity contribution in [3.63, 3.8) is 0 Å². The molecule has 0 fully saturated rings. The van der Waals surface area contributed by atoms with Crippen LogP contribution in [0.25, 0.3) is 10.9 Å². The monoisotopic (exact) mass is 288 g/mol. The first-order chi connectivity index (χ1) is 9.97. The minimum atomic E-state index is -0.395. The summed E-state index contributed by atoms with van der Waals surface area (Å²) in [5, 5.41) is 14.8. The van der Waals surface area contributed by atoms with E-state index in [0.717, 1.165) is 29.8 Å². The number of nitro benzene ring substituents is 1. The third-order valence-electron chi connectivity index (χ3n) is 3.54. The third kappa shape index (κ3) is 3.88. The van der Waals surface area contributed by atoms with Gasteiger partial charge in [-0.15, -0.1) is 0 Å². The molecule has 0 saturated heterocycles. The lowest BCUT2D eigenvalue weighted by molar-refractivity contribution is -0.384. The van der Waals surface area contributed by atoms with Gasteiger partial charge in [-0.05, 0) is 39.1 Å². The van der Waals surface area contributed by atoms with Crippen molar-refractivity contribution < 1.29 is 4.92 Å². The number of non-ortho nitro benzene ring substituents is 1. The fourth-order valence-corrected chi connectivity index (χ4v) is 1.94. The molecule has 1 N–H and O–H groups in total. The number of benzene rings is 1. The number of nitrogens with zero attached hydrogens (tertiary/aromatic N) is 3. The number of anilines is 1. The second-order valence-corrected chi connectivity index (χ2v) is 5.33. The van der Waals surface area contributed by atoms with Crippen LogP contribution in [0.1, 0.15) is 13.8 Å². The van der Waals surface area contributed by atoms with Gasteiger partial charge in [0, 0.05) is 36.7 Å². The van der Waals surface area contributed by atoms with Crippen molar-refractivity contribution in [1.29, 1.82) is 0 Å². The fraction of sp³-hybridized carbons (Fsp3) is 0.400. The Morgan fingerprint density at radius 1 is 1.33 bits per heavy atom. The van der Waals surface area contributed by atoms with Crippen LogP contribution in [0.5, 0.6) is 0 Å². The molecule has 2 aromatic rings. The van der Waals surface area contributed by atoms with Gasteiger partial charge in [-0.3, -0.25) is 10.1 Å². The van der Waals surface area contributed by atoms with Crippen molar-refractivity contribution in [2.75, 3.05) is 25.5 Å². The Kier molecular flexibility index (Phi) is 4.70. The van der Waals surface area contributed by atoms with Crippen LogP contribution in [0.4, 0.5) is 11.5 Å². The minimum absolute atomic E-state index is 0.0866. The maximum atomic E-state index is 10.7. The van der Waals surface area contributed by atoms with Gasteiger partial charge in [-0.1, -0.05) is 0 Å². The molecule has 0 aliphatic carbocycles. The SMILES string of the molecule is CC(C)N(C)CCNc1ccc2cc([N+](=O)[O-])ccc2n1. The highest BCUT2D eigenvalue weighted by Gasteiger charge is 2.07. The van der Waals surface area contributed by atoms with Gasteiger partial charge < -0.3 is 10.2 Å². The Balaban J connectivity index is 2.06. The van der Waals surface area contributed by atoms with Gasteiger partial charge >= 0.3 is 0 Å². The van der Waals surface area contributed by atoms with E-state index in [1.165, 1.54) is 6.07 Å². The highest BCUT2D eigenvalue weighted by molar-refractivity contribution is 5.82. The average Bonchev–Trinajstić information content (AvgIpc) is 2.46. The Bertz CT molecular complexity index is 643. The molecule has 1 aromatic carbocycles. The van der Waals surface area contributed by atoms with Crippen LogP contribution in [-0.4, -0.2) is 41.0 Å². The molecule has 1 aromatic heterocycles. The van der Waals surface area contributed by atoms with Crippen LogP contribution in [-0.2, 0) is 0 Å². The third-order valence-corrected chi connectivity index (χ3v) is 3.54. The van der Waals surface area contributed by atoms with E-state index in [-0.39, 0.29) is 5.69 Å². The van der Waals surface area contributed by atoms with Crippen LogP contribution in [0.15, 0.2) is 30.3 Å². The molecular formula is C15H20N4O2. The molecule has 0 atom stereocenters. The molecule has 0 unspecified atom stereocenters. The van der Waals surface area contributed by atoms with Crippen molar-refractivity contribution in [3.8, 4) is 0 Å². The van der Waals surface area contributed by atoms with Gasteiger partial charge in [-0.25, -0.2) is 4.98 Å². The largest absolute Gasteiger partial charge is 0.369 e. The van der Waals surface area contributed by atoms with Crippen molar-refractivity contribution in [1.82, 2.24) is 9.88 Å². The summed E-state index contributed by atoms with van der Waals surface area (Å²) in [7, 11) is 2.08. The van der Waals surface area contributed by atoms with E-state index in [1.807, 2.05) is 12.1 Å². The highest BCUT2D eigenvalue weighted by Crippen LogP contribution is 2.20. The predicted molar refractivity (Wildman–Crippen MR) is 84.7 cm³/mol. The van der Waals surface area contributed by atoms with Crippen molar-refractivity contribution >= 4 is 22.4 Å². The standard InChI is InChI=1S/C15H20N4O2/c1-11(2)18(3)9-8-16-15-7-4-12-10-13(19(20)21)5-6-14(12)17-15/h4-7,10-11H,8-9H2,1-3H3,(H,16,17). The molecule has 21 heavy (non-hydrogen) atoms. The van der Waals surface area contributed by atoms with E-state index in [2.05, 4.69) is 36.1 Å². The summed E-state index contributed by atoms with van der Waals surface area (Å²) in [5.41, 5.74) is 0.839. The van der Waals surface area contributed by atoms with E-state index >= 15 is 0 Å². The normalized spacial score (nSPS) is 11.3. The van der Waals surface area contributed by atoms with Crippen LogP contribution < -0.4 is 5.32 Å². The van der Waals surface area contributed by atoms with E-state index in [4.69, 9.17) is 0 Å². The van der Waals surface area contributed by atoms with Gasteiger partial charge in [0.1, 0.15) is 5.82 Å². The van der Waals surface area contributed by atoms with Crippen LogP contribution in [0.2, 0.25) is 0 Å². The zero-order chi connectivity index (χ0) is 15.4. The smallest absolute Gasteiger partial charge is 0.270 e. The van der Waals surface area contributed by atoms with E-state index < -0.39 is 4.92 Å². The van der Waals surface area contributed by atoms with Crippen molar-refractivity contribution in [2.45, 2.75) is 19.9 Å². The summed E-state index contributed by atoms with van der Waals surface area (Å²) in [6.07, 6.45) is 0. The first-order valence-electron chi connectivity index (χ1n) is 6.96. The van der Waals surface area contributed by atoms with E-state index in [9.17, 15) is 10.1 Å². The molecule has 1 heterocycles. The molecule has 0 spiro atoms. The molecule has 0 aliphatic heterocycles. The summed E-state index contributed by atoms with van der Waals surface area (Å²) in [5.74, 6) is 0.786. The number of hydrogen-bond donors (Lipinski definition) is 1. The first-order valence-corrected chi connectivity index (χ1v) is 6.96. The Hall–Kier alpha value is -2.21. The summed E-state index contributed by atoms with van der Waals surface area (Å²) in [4.78, 5) is 17.1. The summed E-state index contributed by atoms with van der Waals surface area (Å²) >= 11 is 0. The van der Waals surface area contributed by atoms with Gasteiger partial charge in [0.15, 0.2) is 0 Å². The van der Waals surface area contributed by atoms with Gasteiger partial charge in [-0.2, -0.15) is 0 Å². The van der Waals surface area contributed by atoms with Gasteiger partial charge in [0.2, 0.25) is 0 Å². The second-order valence-electron chi connectivity index (χ2n) is 5.33. The van der Waals surface area contributed by atoms with E-state index in [0.29, 0.717) is 6.04 Å². The molecular weight excluding hydrogens is 268 g/mol. The lowest BCUT2D eigenvalue weighted by Gasteiger charge is -2.21. The number of nitrogens with one attached hydrogen (secondary N) is 1. The second kappa shape index (κ2) is 6.49. The summed E-state index contributed by atoms with van der Waals surface area (Å²) < 4.78 is 0. The molecule has 0 radical (unpaired) electrons. The van der Waals surface area contributed by atoms with Gasteiger partial charge in [0.25, 0.3) is 5.69 Å². The van der Waals surface area contributed by atoms with Crippen LogP contribution in [0.3, 0.4) is 0 Å². The maximum absolute atomic E-state index is 10.7. The maximum Gasteiger partial charge on any atom is 0.270 e. The number of fused-ring (bicyclic) bond motifs is 1. The summed E-state index contributed by atoms with van der Waals surface area (Å²) in [6.45, 7) is 6.04. The highest BCUT2D eigenvalue weighted by atomic mass is 16.6. The van der Waals surface area contributed by atoms with Crippen LogP contribution in [0, 0.1) is 10.1 Å². The van der Waals surface area contributed by atoms with Gasteiger partial charge in [0.05, 0.1) is 10.4 Å². The summed E-state index contributed by atoms with van der Waals surface area (Å²) in [6, 6.07) is 8.91. The average molecular weight is 288 g/mol. The predicted octanol–water partition coefficient (Wildman–Crippen LogP) is 2.90. The zero-order valence-corrected chi connectivity index (χ0v) is 12.5. The Morgan fingerprint density at radius 2 is 2.10 bits per heavy atom. The first kappa shape index (κ1) is 15.2. The molecule has 0 amide bonds. The number of nitro groups is 1. The lowest BCUT2D eigenvalue weighted by Crippen LogP contribution is -2.31. The minimum Gasteiger partial charge on any atom is -0.369 e. The molecule has 6 heteroatoms. The molecule has 0 aliphatic rings. The zero-order valence-electron chi connectivity index (χ0n) is 12.5. The van der Waals surface area contributed by atoms with Crippen molar-refractivity contribution in [2.24, 2.45) is 0 Å². The van der Waals surface area contributed by atoms with Crippen molar-refractivity contribution in [3.05, 3.63) is 40.4 Å². The number of pyridine rings is 1. The topological polar surface area (TPSA) is 71.3 Å². The quantitative estimate of drug-likeness (QED) is 0.653. The molecule has 0 bridgehead atoms. The van der Waals surface area contributed by atoms with E-state index in [1.54, 1.807) is 12.1 Å². The van der Waals surface area contributed by atoms with Crippen LogP contribution >= 0.6 is 0 Å². The molecule has 6 nitrogen and oxygen atoms in total. The number of likely N-dealkylation sites (N-methyl/N-ethyl adjacent to an activating group) is 1. The molecule has 0 saturated carbocycles.